The minimum atomic E-state index is 0.434. The molecule has 0 aromatic carbocycles. The zero-order chi connectivity index (χ0) is 14.9. The SMILES string of the molecule is CCc1nc2n(n1)C[C@H](NCc1cn3ccccc3n1)CC2. The van der Waals surface area contributed by atoms with E-state index >= 15 is 0 Å². The maximum Gasteiger partial charge on any atom is 0.150 e. The maximum atomic E-state index is 4.62. The van der Waals surface area contributed by atoms with Crippen molar-refractivity contribution in [3.8, 4) is 0 Å². The van der Waals surface area contributed by atoms with Gasteiger partial charge in [0.05, 0.1) is 12.2 Å². The molecule has 0 bridgehead atoms. The molecule has 4 heterocycles. The Balaban J connectivity index is 1.42. The fraction of sp³-hybridized carbons (Fsp3) is 0.438. The lowest BCUT2D eigenvalue weighted by Gasteiger charge is -2.23. The van der Waals surface area contributed by atoms with Crippen molar-refractivity contribution in [2.45, 2.75) is 45.3 Å². The molecule has 0 saturated heterocycles. The van der Waals surface area contributed by atoms with Gasteiger partial charge in [-0.1, -0.05) is 13.0 Å². The number of hydrogen-bond donors (Lipinski definition) is 1. The summed E-state index contributed by atoms with van der Waals surface area (Å²) in [6.45, 7) is 3.78. The summed E-state index contributed by atoms with van der Waals surface area (Å²) in [7, 11) is 0. The van der Waals surface area contributed by atoms with Crippen LogP contribution in [-0.4, -0.2) is 30.2 Å². The number of fused-ring (bicyclic) bond motifs is 2. The van der Waals surface area contributed by atoms with Gasteiger partial charge >= 0.3 is 0 Å². The van der Waals surface area contributed by atoms with Crippen molar-refractivity contribution < 1.29 is 0 Å². The van der Waals surface area contributed by atoms with Crippen LogP contribution in [-0.2, 0) is 25.9 Å². The zero-order valence-electron chi connectivity index (χ0n) is 12.7. The van der Waals surface area contributed by atoms with E-state index in [0.717, 1.165) is 55.3 Å². The van der Waals surface area contributed by atoms with Gasteiger partial charge in [0.2, 0.25) is 0 Å². The lowest BCUT2D eigenvalue weighted by atomic mass is 10.1. The minimum Gasteiger partial charge on any atom is -0.307 e. The molecular formula is C16H20N6. The Morgan fingerprint density at radius 1 is 1.32 bits per heavy atom. The van der Waals surface area contributed by atoms with Crippen LogP contribution in [0.3, 0.4) is 0 Å². The van der Waals surface area contributed by atoms with Crippen LogP contribution >= 0.6 is 0 Å². The van der Waals surface area contributed by atoms with Gasteiger partial charge in [0, 0.05) is 37.8 Å². The fourth-order valence-corrected chi connectivity index (χ4v) is 3.00. The highest BCUT2D eigenvalue weighted by Gasteiger charge is 2.21. The van der Waals surface area contributed by atoms with Gasteiger partial charge in [-0.3, -0.25) is 0 Å². The van der Waals surface area contributed by atoms with Gasteiger partial charge in [0.25, 0.3) is 0 Å². The number of hydrogen-bond acceptors (Lipinski definition) is 4. The standard InChI is InChI=1S/C16H20N6/c1-2-14-19-16-7-6-12(11-22(16)20-14)17-9-13-10-21-8-4-3-5-15(21)18-13/h3-5,8,10,12,17H,2,6-7,9,11H2,1H3/t12-/m1/s1. The van der Waals surface area contributed by atoms with Crippen molar-refractivity contribution in [3.05, 3.63) is 47.9 Å². The average Bonchev–Trinajstić information content (AvgIpc) is 3.15. The number of nitrogens with one attached hydrogen (secondary N) is 1. The first-order valence-corrected chi connectivity index (χ1v) is 7.90. The molecule has 0 radical (unpaired) electrons. The van der Waals surface area contributed by atoms with E-state index in [2.05, 4.69) is 42.6 Å². The van der Waals surface area contributed by atoms with Crippen LogP contribution in [0.5, 0.6) is 0 Å². The van der Waals surface area contributed by atoms with Gasteiger partial charge < -0.3 is 9.72 Å². The van der Waals surface area contributed by atoms with Crippen LogP contribution in [0.2, 0.25) is 0 Å². The van der Waals surface area contributed by atoms with Crippen LogP contribution < -0.4 is 5.32 Å². The quantitative estimate of drug-likeness (QED) is 0.794. The summed E-state index contributed by atoms with van der Waals surface area (Å²) in [4.78, 5) is 9.18. The van der Waals surface area contributed by atoms with Crippen molar-refractivity contribution in [3.63, 3.8) is 0 Å². The van der Waals surface area contributed by atoms with Gasteiger partial charge in [0.15, 0.2) is 5.82 Å². The molecule has 22 heavy (non-hydrogen) atoms. The molecule has 6 heteroatoms. The highest BCUT2D eigenvalue weighted by Crippen LogP contribution is 2.14. The predicted molar refractivity (Wildman–Crippen MR) is 83.5 cm³/mol. The van der Waals surface area contributed by atoms with E-state index in [1.54, 1.807) is 0 Å². The molecule has 0 spiro atoms. The summed E-state index contributed by atoms with van der Waals surface area (Å²) in [5.41, 5.74) is 2.07. The van der Waals surface area contributed by atoms with Crippen molar-refractivity contribution in [2.24, 2.45) is 0 Å². The smallest absolute Gasteiger partial charge is 0.150 e. The molecule has 114 valence electrons. The number of imidazole rings is 1. The summed E-state index contributed by atoms with van der Waals surface area (Å²) in [5, 5.41) is 8.16. The maximum absolute atomic E-state index is 4.62. The van der Waals surface area contributed by atoms with Crippen LogP contribution in [0.1, 0.15) is 30.7 Å². The highest BCUT2D eigenvalue weighted by molar-refractivity contribution is 5.39. The lowest BCUT2D eigenvalue weighted by Crippen LogP contribution is -2.37. The van der Waals surface area contributed by atoms with Crippen LogP contribution in [0.4, 0.5) is 0 Å². The van der Waals surface area contributed by atoms with E-state index in [0.29, 0.717) is 6.04 Å². The van der Waals surface area contributed by atoms with E-state index in [9.17, 15) is 0 Å². The summed E-state index contributed by atoms with van der Waals surface area (Å²) in [6.07, 6.45) is 7.12. The third-order valence-corrected chi connectivity index (χ3v) is 4.20. The molecule has 0 saturated carbocycles. The molecule has 4 rings (SSSR count). The summed E-state index contributed by atoms with van der Waals surface area (Å²) in [6, 6.07) is 6.49. The Morgan fingerprint density at radius 2 is 2.27 bits per heavy atom. The molecule has 3 aromatic rings. The second kappa shape index (κ2) is 5.53. The Bertz CT molecular complexity index is 754. The van der Waals surface area contributed by atoms with Crippen molar-refractivity contribution in [1.82, 2.24) is 29.5 Å². The Kier molecular flexibility index (Phi) is 3.38. The Morgan fingerprint density at radius 3 is 3.14 bits per heavy atom. The monoisotopic (exact) mass is 296 g/mol. The number of rotatable bonds is 4. The third-order valence-electron chi connectivity index (χ3n) is 4.20. The molecule has 3 aromatic heterocycles. The molecule has 1 N–H and O–H groups in total. The van der Waals surface area contributed by atoms with Crippen molar-refractivity contribution in [2.75, 3.05) is 0 Å². The van der Waals surface area contributed by atoms with Crippen LogP contribution in [0, 0.1) is 0 Å². The van der Waals surface area contributed by atoms with E-state index < -0.39 is 0 Å². The van der Waals surface area contributed by atoms with Gasteiger partial charge in [-0.15, -0.1) is 0 Å². The average molecular weight is 296 g/mol. The first kappa shape index (κ1) is 13.5. The highest BCUT2D eigenvalue weighted by atomic mass is 15.4. The summed E-state index contributed by atoms with van der Waals surface area (Å²) in [5.74, 6) is 2.08. The fourth-order valence-electron chi connectivity index (χ4n) is 3.00. The van der Waals surface area contributed by atoms with Crippen molar-refractivity contribution >= 4 is 5.65 Å². The molecule has 0 aliphatic carbocycles. The van der Waals surface area contributed by atoms with Gasteiger partial charge in [-0.2, -0.15) is 5.10 Å². The normalized spacial score (nSPS) is 17.8. The van der Waals surface area contributed by atoms with E-state index in [1.807, 2.05) is 24.4 Å². The molecule has 1 aliphatic rings. The number of pyridine rings is 1. The molecule has 0 amide bonds. The van der Waals surface area contributed by atoms with E-state index in [1.165, 1.54) is 0 Å². The first-order valence-electron chi connectivity index (χ1n) is 7.90. The largest absolute Gasteiger partial charge is 0.307 e. The number of nitrogens with zero attached hydrogens (tertiary/aromatic N) is 5. The first-order chi connectivity index (χ1) is 10.8. The van der Waals surface area contributed by atoms with Gasteiger partial charge in [-0.05, 0) is 18.6 Å². The Labute approximate surface area is 129 Å². The van der Waals surface area contributed by atoms with Crippen LogP contribution in [0.25, 0.3) is 5.65 Å². The van der Waals surface area contributed by atoms with E-state index in [-0.39, 0.29) is 0 Å². The molecule has 1 aliphatic heterocycles. The van der Waals surface area contributed by atoms with Crippen molar-refractivity contribution in [1.29, 1.82) is 0 Å². The van der Waals surface area contributed by atoms with Crippen LogP contribution in [0.15, 0.2) is 30.6 Å². The molecule has 1 atom stereocenters. The predicted octanol–water partition coefficient (Wildman–Crippen LogP) is 1.59. The third kappa shape index (κ3) is 2.50. The Hall–Kier alpha value is -2.21. The number of aryl methyl sites for hydroxylation is 2. The summed E-state index contributed by atoms with van der Waals surface area (Å²) >= 11 is 0. The molecule has 0 unspecified atom stereocenters. The van der Waals surface area contributed by atoms with Gasteiger partial charge in [-0.25, -0.2) is 14.6 Å². The molecule has 6 nitrogen and oxygen atoms in total. The second-order valence-electron chi connectivity index (χ2n) is 5.79. The number of aromatic nitrogens is 5. The van der Waals surface area contributed by atoms with E-state index in [4.69, 9.17) is 0 Å². The topological polar surface area (TPSA) is 60.0 Å². The lowest BCUT2D eigenvalue weighted by molar-refractivity contribution is 0.356. The summed E-state index contributed by atoms with van der Waals surface area (Å²) < 4.78 is 4.12. The minimum absolute atomic E-state index is 0.434. The second-order valence-corrected chi connectivity index (χ2v) is 5.79. The molecular weight excluding hydrogens is 276 g/mol. The van der Waals surface area contributed by atoms with Gasteiger partial charge in [0.1, 0.15) is 11.5 Å². The zero-order valence-corrected chi connectivity index (χ0v) is 12.7. The molecule has 0 fully saturated rings.